The second kappa shape index (κ2) is 5.13. The van der Waals surface area contributed by atoms with Crippen LogP contribution in [0.15, 0.2) is 12.0 Å². The Kier molecular flexibility index (Phi) is 4.03. The van der Waals surface area contributed by atoms with E-state index in [-0.39, 0.29) is 10.8 Å². The monoisotopic (exact) mass is 284 g/mol. The fourth-order valence-corrected chi connectivity index (χ4v) is 3.40. The van der Waals surface area contributed by atoms with E-state index < -0.39 is 8.32 Å². The van der Waals surface area contributed by atoms with Gasteiger partial charge in [-0.3, -0.25) is 0 Å². The van der Waals surface area contributed by atoms with Crippen molar-refractivity contribution >= 4 is 8.32 Å². The lowest BCUT2D eigenvalue weighted by molar-refractivity contribution is -0.237. The molecule has 0 saturated heterocycles. The summed E-state index contributed by atoms with van der Waals surface area (Å²) in [6, 6.07) is 0. The van der Waals surface area contributed by atoms with Gasteiger partial charge in [-0.2, -0.15) is 0 Å². The molecule has 1 aliphatic heterocycles. The van der Waals surface area contributed by atoms with Gasteiger partial charge in [0.15, 0.2) is 0 Å². The minimum Gasteiger partial charge on any atom is -0.543 e. The van der Waals surface area contributed by atoms with Crippen molar-refractivity contribution in [1.29, 1.82) is 0 Å². The van der Waals surface area contributed by atoms with Crippen molar-refractivity contribution in [1.82, 2.24) is 0 Å². The molecule has 0 aromatic rings. The van der Waals surface area contributed by atoms with Crippen LogP contribution < -0.4 is 0 Å². The van der Waals surface area contributed by atoms with E-state index in [2.05, 4.69) is 33.9 Å². The Bertz CT molecular complexity index is 349. The van der Waals surface area contributed by atoms with Gasteiger partial charge in [0.25, 0.3) is 0 Å². The molecule has 0 unspecified atom stereocenters. The predicted molar refractivity (Wildman–Crippen MR) is 79.2 cm³/mol. The van der Waals surface area contributed by atoms with E-state index in [1.165, 1.54) is 19.3 Å². The number of hydrogen-bond acceptors (Lipinski definition) is 3. The number of rotatable bonds is 2. The highest BCUT2D eigenvalue weighted by atomic mass is 28.4. The first-order valence-corrected chi connectivity index (χ1v) is 10.3. The molecule has 1 heterocycles. The lowest BCUT2D eigenvalue weighted by atomic mass is 9.94. The Morgan fingerprint density at radius 3 is 2.26 bits per heavy atom. The Morgan fingerprint density at radius 1 is 1.16 bits per heavy atom. The Labute approximate surface area is 118 Å². The predicted octanol–water partition coefficient (Wildman–Crippen LogP) is 4.56. The van der Waals surface area contributed by atoms with E-state index in [0.717, 1.165) is 18.6 Å². The molecule has 2 aliphatic rings. The Balaban J connectivity index is 1.98. The van der Waals surface area contributed by atoms with E-state index in [1.54, 1.807) is 0 Å². The number of hydrogen-bond donors (Lipinski definition) is 0. The van der Waals surface area contributed by atoms with Crippen LogP contribution in [0.25, 0.3) is 0 Å². The summed E-state index contributed by atoms with van der Waals surface area (Å²) in [5.41, 5.74) is 0. The topological polar surface area (TPSA) is 27.7 Å². The molecule has 4 heteroatoms. The van der Waals surface area contributed by atoms with E-state index >= 15 is 0 Å². The smallest absolute Gasteiger partial charge is 0.250 e. The third kappa shape index (κ3) is 3.34. The van der Waals surface area contributed by atoms with Gasteiger partial charge in [-0.1, -0.05) is 27.2 Å². The Morgan fingerprint density at radius 2 is 1.79 bits per heavy atom. The molecule has 1 saturated carbocycles. The average molecular weight is 284 g/mol. The molecule has 0 N–H and O–H groups in total. The van der Waals surface area contributed by atoms with Crippen molar-refractivity contribution in [3.05, 3.63) is 12.0 Å². The maximum atomic E-state index is 6.23. The van der Waals surface area contributed by atoms with Crippen LogP contribution in [0.2, 0.25) is 18.1 Å². The molecule has 0 bridgehead atoms. The fraction of sp³-hybridized carbons (Fsp3) is 0.867. The third-order valence-corrected chi connectivity index (χ3v) is 9.08. The second-order valence-corrected chi connectivity index (χ2v) is 12.0. The number of ether oxygens (including phenoxy) is 2. The minimum atomic E-state index is -1.78. The highest BCUT2D eigenvalue weighted by molar-refractivity contribution is 6.74. The highest BCUT2D eigenvalue weighted by Gasteiger charge is 2.42. The van der Waals surface area contributed by atoms with Gasteiger partial charge < -0.3 is 13.9 Å². The quantitative estimate of drug-likeness (QED) is 0.696. The first kappa shape index (κ1) is 14.9. The third-order valence-electron chi connectivity index (χ3n) is 4.69. The van der Waals surface area contributed by atoms with Crippen LogP contribution in [-0.2, 0) is 13.9 Å². The van der Waals surface area contributed by atoms with Gasteiger partial charge >= 0.3 is 0 Å². The molecule has 0 aromatic carbocycles. The summed E-state index contributed by atoms with van der Waals surface area (Å²) in [5, 5.41) is 0.202. The average Bonchev–Trinajstić information content (AvgIpc) is 2.32. The molecule has 19 heavy (non-hydrogen) atoms. The summed E-state index contributed by atoms with van der Waals surface area (Å²) in [5.74, 6) is 0.515. The van der Waals surface area contributed by atoms with E-state index in [4.69, 9.17) is 13.9 Å². The normalized spacial score (nSPS) is 23.7. The van der Waals surface area contributed by atoms with Gasteiger partial charge in [0.2, 0.25) is 14.1 Å². The van der Waals surface area contributed by atoms with Crippen LogP contribution >= 0.6 is 0 Å². The van der Waals surface area contributed by atoms with Crippen LogP contribution in [0, 0.1) is 0 Å². The zero-order chi connectivity index (χ0) is 14.1. The van der Waals surface area contributed by atoms with Crippen molar-refractivity contribution in [2.24, 2.45) is 0 Å². The van der Waals surface area contributed by atoms with Crippen LogP contribution in [0.3, 0.4) is 0 Å². The molecule has 2 rings (SSSR count). The summed E-state index contributed by atoms with van der Waals surface area (Å²) < 4.78 is 18.1. The van der Waals surface area contributed by atoms with Gasteiger partial charge in [0.05, 0.1) is 0 Å². The van der Waals surface area contributed by atoms with Crippen molar-refractivity contribution in [2.45, 2.75) is 76.8 Å². The van der Waals surface area contributed by atoms with Gasteiger partial charge in [-0.25, -0.2) is 0 Å². The minimum absolute atomic E-state index is 0.202. The summed E-state index contributed by atoms with van der Waals surface area (Å²) >= 11 is 0. The molecule has 1 spiro atoms. The van der Waals surface area contributed by atoms with Crippen LogP contribution in [0.5, 0.6) is 0 Å². The van der Waals surface area contributed by atoms with Gasteiger partial charge in [-0.05, 0) is 31.0 Å². The van der Waals surface area contributed by atoms with Crippen LogP contribution in [0.1, 0.15) is 52.9 Å². The van der Waals surface area contributed by atoms with Crippen LogP contribution in [0.4, 0.5) is 0 Å². The van der Waals surface area contributed by atoms with Crippen molar-refractivity contribution in [2.75, 3.05) is 6.61 Å². The molecular formula is C15H28O3Si. The zero-order valence-corrected chi connectivity index (χ0v) is 14.0. The van der Waals surface area contributed by atoms with E-state index in [9.17, 15) is 0 Å². The molecule has 0 radical (unpaired) electrons. The largest absolute Gasteiger partial charge is 0.543 e. The molecule has 1 fully saturated rings. The van der Waals surface area contributed by atoms with Gasteiger partial charge in [0.1, 0.15) is 18.6 Å². The SMILES string of the molecule is CC(C)(C)[Si](C)(C)OC1=COC2(CCCCC2)OC1. The highest BCUT2D eigenvalue weighted by Crippen LogP contribution is 2.40. The maximum Gasteiger partial charge on any atom is 0.250 e. The molecule has 0 aromatic heterocycles. The standard InChI is InChI=1S/C15H28O3Si/c1-14(2,3)19(4,5)18-13-11-16-15(17-12-13)9-7-6-8-10-15/h11H,6-10,12H2,1-5H3. The molecule has 0 atom stereocenters. The van der Waals surface area contributed by atoms with E-state index in [0.29, 0.717) is 6.61 Å². The van der Waals surface area contributed by atoms with E-state index in [1.807, 2.05) is 6.26 Å². The van der Waals surface area contributed by atoms with Gasteiger partial charge in [-0.15, -0.1) is 0 Å². The lowest BCUT2D eigenvalue weighted by Gasteiger charge is -2.42. The first-order chi connectivity index (χ1) is 8.74. The zero-order valence-electron chi connectivity index (χ0n) is 13.0. The second-order valence-electron chi connectivity index (χ2n) is 7.32. The first-order valence-electron chi connectivity index (χ1n) is 7.44. The van der Waals surface area contributed by atoms with Crippen molar-refractivity contribution in [3.63, 3.8) is 0 Å². The summed E-state index contributed by atoms with van der Waals surface area (Å²) in [6.07, 6.45) is 7.53. The van der Waals surface area contributed by atoms with Gasteiger partial charge in [0, 0.05) is 12.8 Å². The molecule has 1 aliphatic carbocycles. The molecule has 110 valence electrons. The molecular weight excluding hydrogens is 256 g/mol. The summed E-state index contributed by atoms with van der Waals surface area (Å²) in [4.78, 5) is 0. The summed E-state index contributed by atoms with van der Waals surface area (Å²) in [7, 11) is -1.78. The maximum absolute atomic E-state index is 6.23. The Hall–Kier alpha value is -0.483. The molecule has 3 nitrogen and oxygen atoms in total. The van der Waals surface area contributed by atoms with Crippen molar-refractivity contribution in [3.8, 4) is 0 Å². The van der Waals surface area contributed by atoms with Crippen LogP contribution in [-0.4, -0.2) is 20.7 Å². The fourth-order valence-electron chi connectivity index (χ4n) is 2.33. The summed E-state index contributed by atoms with van der Waals surface area (Å²) in [6.45, 7) is 11.8. The molecule has 0 amide bonds. The van der Waals surface area contributed by atoms with Crippen molar-refractivity contribution < 1.29 is 13.9 Å². The lowest BCUT2D eigenvalue weighted by Crippen LogP contribution is -2.44.